The van der Waals surface area contributed by atoms with Crippen LogP contribution in [0.1, 0.15) is 24.9 Å². The molecule has 1 N–H and O–H groups in total. The molecule has 2 rings (SSSR count). The van der Waals surface area contributed by atoms with Gasteiger partial charge in [0.1, 0.15) is 5.82 Å². The van der Waals surface area contributed by atoms with Crippen LogP contribution in [0, 0.1) is 15.9 Å². The van der Waals surface area contributed by atoms with Gasteiger partial charge in [0.25, 0.3) is 5.69 Å². The fraction of sp³-hybridized carbons (Fsp3) is 0.200. The lowest BCUT2D eigenvalue weighted by Gasteiger charge is -2.19. The minimum absolute atomic E-state index is 0.106. The second-order valence-electron chi connectivity index (χ2n) is 4.62. The maximum Gasteiger partial charge on any atom is 0.274 e. The van der Waals surface area contributed by atoms with Gasteiger partial charge in [-0.25, -0.2) is 4.39 Å². The number of benzene rings is 2. The Morgan fingerprint density at radius 1 is 1.33 bits per heavy atom. The summed E-state index contributed by atoms with van der Waals surface area (Å²) in [7, 11) is 0. The first-order valence-corrected chi connectivity index (χ1v) is 6.84. The van der Waals surface area contributed by atoms with Crippen molar-refractivity contribution in [3.05, 3.63) is 69.0 Å². The lowest BCUT2D eigenvalue weighted by Crippen LogP contribution is -2.10. The van der Waals surface area contributed by atoms with E-state index in [1.165, 1.54) is 12.1 Å². The summed E-state index contributed by atoms with van der Waals surface area (Å²) in [6, 6.07) is 10.7. The Kier molecular flexibility index (Phi) is 4.75. The molecule has 110 valence electrons. The molecular formula is C15H14ClFN2O2. The average molecular weight is 309 g/mol. The molecule has 0 aliphatic rings. The summed E-state index contributed by atoms with van der Waals surface area (Å²) in [4.78, 5) is 10.2. The van der Waals surface area contributed by atoms with Crippen molar-refractivity contribution in [1.82, 2.24) is 0 Å². The molecular weight excluding hydrogens is 295 g/mol. The van der Waals surface area contributed by atoms with Gasteiger partial charge >= 0.3 is 0 Å². The molecule has 6 heteroatoms. The fourth-order valence-corrected chi connectivity index (χ4v) is 2.31. The second-order valence-corrected chi connectivity index (χ2v) is 5.05. The number of non-ortho nitro benzene ring substituents is 1. The van der Waals surface area contributed by atoms with Gasteiger partial charge in [-0.2, -0.15) is 0 Å². The summed E-state index contributed by atoms with van der Waals surface area (Å²) < 4.78 is 13.4. The predicted molar refractivity (Wildman–Crippen MR) is 81.2 cm³/mol. The third-order valence-corrected chi connectivity index (χ3v) is 3.33. The van der Waals surface area contributed by atoms with Gasteiger partial charge in [0.15, 0.2) is 0 Å². The fourth-order valence-electron chi connectivity index (χ4n) is 2.11. The van der Waals surface area contributed by atoms with E-state index in [2.05, 4.69) is 5.32 Å². The Bertz CT molecular complexity index is 664. The van der Waals surface area contributed by atoms with Crippen LogP contribution in [-0.2, 0) is 0 Å². The van der Waals surface area contributed by atoms with Crippen LogP contribution in [0.2, 0.25) is 5.02 Å². The van der Waals surface area contributed by atoms with Crippen LogP contribution in [0.25, 0.3) is 0 Å². The third-order valence-electron chi connectivity index (χ3n) is 3.09. The van der Waals surface area contributed by atoms with Gasteiger partial charge in [-0.05, 0) is 30.2 Å². The molecule has 0 aromatic heterocycles. The first-order valence-electron chi connectivity index (χ1n) is 6.46. The van der Waals surface area contributed by atoms with Crippen LogP contribution in [0.4, 0.5) is 15.8 Å². The molecule has 2 aromatic rings. The zero-order valence-electron chi connectivity index (χ0n) is 11.3. The minimum Gasteiger partial charge on any atom is -0.378 e. The zero-order valence-corrected chi connectivity index (χ0v) is 12.1. The topological polar surface area (TPSA) is 55.2 Å². The molecule has 0 spiro atoms. The van der Waals surface area contributed by atoms with Gasteiger partial charge in [0.05, 0.1) is 17.0 Å². The van der Waals surface area contributed by atoms with Crippen molar-refractivity contribution < 1.29 is 9.31 Å². The second kappa shape index (κ2) is 6.54. The number of hydrogen-bond acceptors (Lipinski definition) is 3. The maximum absolute atomic E-state index is 13.4. The summed E-state index contributed by atoms with van der Waals surface area (Å²) in [5, 5.41) is 14.5. The molecule has 21 heavy (non-hydrogen) atoms. The predicted octanol–water partition coefficient (Wildman–Crippen LogP) is 4.95. The third kappa shape index (κ3) is 3.92. The summed E-state index contributed by atoms with van der Waals surface area (Å²) in [6.45, 7) is 1.96. The van der Waals surface area contributed by atoms with Crippen LogP contribution >= 0.6 is 11.6 Å². The molecule has 0 heterocycles. The van der Waals surface area contributed by atoms with E-state index in [0.717, 1.165) is 18.1 Å². The van der Waals surface area contributed by atoms with Crippen LogP contribution in [0.5, 0.6) is 0 Å². The Balaban J connectivity index is 2.28. The van der Waals surface area contributed by atoms with Crippen LogP contribution in [0.3, 0.4) is 0 Å². The van der Waals surface area contributed by atoms with E-state index in [-0.39, 0.29) is 11.7 Å². The van der Waals surface area contributed by atoms with E-state index < -0.39 is 10.7 Å². The highest BCUT2D eigenvalue weighted by Gasteiger charge is 2.14. The Hall–Kier alpha value is -2.14. The molecule has 2 aromatic carbocycles. The van der Waals surface area contributed by atoms with Crippen molar-refractivity contribution in [2.45, 2.75) is 19.4 Å². The van der Waals surface area contributed by atoms with Gasteiger partial charge in [-0.15, -0.1) is 0 Å². The largest absolute Gasteiger partial charge is 0.378 e. The molecule has 0 bridgehead atoms. The monoisotopic (exact) mass is 308 g/mol. The lowest BCUT2D eigenvalue weighted by atomic mass is 10.0. The Morgan fingerprint density at radius 2 is 2.10 bits per heavy atom. The van der Waals surface area contributed by atoms with Gasteiger partial charge in [-0.3, -0.25) is 10.1 Å². The highest BCUT2D eigenvalue weighted by atomic mass is 35.5. The maximum atomic E-state index is 13.4. The molecule has 0 aliphatic carbocycles. The summed E-state index contributed by atoms with van der Waals surface area (Å²) in [5.74, 6) is -0.646. The lowest BCUT2D eigenvalue weighted by molar-refractivity contribution is -0.385. The SMILES string of the molecule is CCC(Nc1cc(F)cc([N+](=O)[O-])c1)c1cccc(Cl)c1. The van der Waals surface area contributed by atoms with Crippen molar-refractivity contribution in [1.29, 1.82) is 0 Å². The Morgan fingerprint density at radius 3 is 2.71 bits per heavy atom. The summed E-state index contributed by atoms with van der Waals surface area (Å²) in [5.41, 5.74) is 1.03. The zero-order chi connectivity index (χ0) is 15.4. The van der Waals surface area contributed by atoms with Gasteiger partial charge in [0.2, 0.25) is 0 Å². The number of nitrogens with one attached hydrogen (secondary N) is 1. The van der Waals surface area contributed by atoms with E-state index in [0.29, 0.717) is 10.7 Å². The highest BCUT2D eigenvalue weighted by molar-refractivity contribution is 6.30. The van der Waals surface area contributed by atoms with Gasteiger partial charge < -0.3 is 5.32 Å². The van der Waals surface area contributed by atoms with Crippen molar-refractivity contribution >= 4 is 23.0 Å². The van der Waals surface area contributed by atoms with Crippen molar-refractivity contribution in [2.24, 2.45) is 0 Å². The van der Waals surface area contributed by atoms with E-state index in [1.54, 1.807) is 6.07 Å². The molecule has 0 amide bonds. The van der Waals surface area contributed by atoms with E-state index in [4.69, 9.17) is 11.6 Å². The number of rotatable bonds is 5. The van der Waals surface area contributed by atoms with Crippen molar-refractivity contribution in [3.8, 4) is 0 Å². The smallest absolute Gasteiger partial charge is 0.274 e. The first kappa shape index (κ1) is 15.3. The normalized spacial score (nSPS) is 12.0. The summed E-state index contributed by atoms with van der Waals surface area (Å²) in [6.07, 6.45) is 0.727. The standard InChI is InChI=1S/C15H14ClFN2O2/c1-2-15(10-4-3-5-11(16)6-10)18-13-7-12(17)8-14(9-13)19(20)21/h3-9,15,18H,2H2,1H3. The molecule has 0 saturated carbocycles. The minimum atomic E-state index is -0.646. The van der Waals surface area contributed by atoms with Gasteiger partial charge in [-0.1, -0.05) is 30.7 Å². The number of halogens is 2. The van der Waals surface area contributed by atoms with E-state index in [9.17, 15) is 14.5 Å². The van der Waals surface area contributed by atoms with Crippen molar-refractivity contribution in [3.63, 3.8) is 0 Å². The Labute approximate surface area is 126 Å². The van der Waals surface area contributed by atoms with E-state index in [1.807, 2.05) is 25.1 Å². The number of anilines is 1. The van der Waals surface area contributed by atoms with Crippen molar-refractivity contribution in [2.75, 3.05) is 5.32 Å². The molecule has 1 atom stereocenters. The van der Waals surface area contributed by atoms with Crippen LogP contribution in [-0.4, -0.2) is 4.92 Å². The van der Waals surface area contributed by atoms with Crippen LogP contribution in [0.15, 0.2) is 42.5 Å². The first-order chi connectivity index (χ1) is 9.99. The molecule has 0 radical (unpaired) electrons. The van der Waals surface area contributed by atoms with Crippen LogP contribution < -0.4 is 5.32 Å². The van der Waals surface area contributed by atoms with E-state index >= 15 is 0 Å². The average Bonchev–Trinajstić information content (AvgIpc) is 2.44. The number of nitro groups is 1. The summed E-state index contributed by atoms with van der Waals surface area (Å²) >= 11 is 5.96. The number of nitro benzene ring substituents is 1. The quantitative estimate of drug-likeness (QED) is 0.628. The number of hydrogen-bond donors (Lipinski definition) is 1. The molecule has 4 nitrogen and oxygen atoms in total. The molecule has 0 fully saturated rings. The molecule has 1 unspecified atom stereocenters. The molecule has 0 saturated heterocycles. The van der Waals surface area contributed by atoms with Gasteiger partial charge in [0, 0.05) is 16.8 Å². The highest BCUT2D eigenvalue weighted by Crippen LogP contribution is 2.27. The number of nitrogens with zero attached hydrogens (tertiary/aromatic N) is 1. The molecule has 0 aliphatic heterocycles.